The van der Waals surface area contributed by atoms with Gasteiger partial charge in [-0.2, -0.15) is 0 Å². The Bertz CT molecular complexity index is 3510. The predicted molar refractivity (Wildman–Crippen MR) is 251 cm³/mol. The molecule has 0 unspecified atom stereocenters. The number of fused-ring (bicyclic) bond motifs is 9. The van der Waals surface area contributed by atoms with Gasteiger partial charge >= 0.3 is 0 Å². The minimum atomic E-state index is 0.620. The molecule has 0 saturated heterocycles. The van der Waals surface area contributed by atoms with Crippen molar-refractivity contribution in [3.05, 3.63) is 223 Å². The van der Waals surface area contributed by atoms with E-state index >= 15 is 0 Å². The number of nitrogens with zero attached hydrogens (tertiary/aromatic N) is 4. The Morgan fingerprint density at radius 3 is 1.73 bits per heavy atom. The highest BCUT2D eigenvalue weighted by atomic mass is 15.0. The van der Waals surface area contributed by atoms with Crippen LogP contribution in [-0.2, 0) is 0 Å². The van der Waals surface area contributed by atoms with Gasteiger partial charge in [-0.15, -0.1) is 0 Å². The number of para-hydroxylation sites is 2. The lowest BCUT2D eigenvalue weighted by molar-refractivity contribution is 1.18. The highest BCUT2D eigenvalue weighted by Crippen LogP contribution is 2.43. The van der Waals surface area contributed by atoms with Crippen molar-refractivity contribution in [2.45, 2.75) is 6.92 Å². The Morgan fingerprint density at radius 2 is 1.00 bits per heavy atom. The van der Waals surface area contributed by atoms with Crippen LogP contribution in [0.4, 0.5) is 0 Å². The fourth-order valence-corrected chi connectivity index (χ4v) is 8.85. The molecule has 278 valence electrons. The zero-order valence-corrected chi connectivity index (χ0v) is 32.5. The van der Waals surface area contributed by atoms with Gasteiger partial charge in [0, 0.05) is 43.9 Å². The number of hydrogen-bond acceptors (Lipinski definition) is 1. The first-order valence-electron chi connectivity index (χ1n) is 20.0. The molecule has 0 N–H and O–H groups in total. The Hall–Kier alpha value is -7.82. The Kier molecular flexibility index (Phi) is 8.16. The molecule has 4 nitrogen and oxygen atoms in total. The topological polar surface area (TPSA) is 34.6 Å². The molecule has 0 aliphatic heterocycles. The first kappa shape index (κ1) is 34.4. The molecular weight excluding hydrogens is 717 g/mol. The SMILES string of the molecule is C=C(N=C(N=C(C)c1ccccc1)c1ccc2c(-n3c4ccccc4c4c5c6ccccc6n(-c6ccc7ccccc7c6)c5ccc43)cccc2c1)c1ccccc1. The van der Waals surface area contributed by atoms with E-state index in [1.54, 1.807) is 0 Å². The quantitative estimate of drug-likeness (QED) is 0.120. The third kappa shape index (κ3) is 5.76. The van der Waals surface area contributed by atoms with Crippen LogP contribution < -0.4 is 0 Å². The smallest absolute Gasteiger partial charge is 0.160 e. The maximum absolute atomic E-state index is 5.13. The first-order chi connectivity index (χ1) is 29.1. The van der Waals surface area contributed by atoms with Crippen molar-refractivity contribution in [1.29, 1.82) is 0 Å². The molecule has 4 heteroatoms. The third-order valence-electron chi connectivity index (χ3n) is 11.6. The van der Waals surface area contributed by atoms with Crippen LogP contribution >= 0.6 is 0 Å². The van der Waals surface area contributed by atoms with Crippen molar-refractivity contribution in [3.63, 3.8) is 0 Å². The van der Waals surface area contributed by atoms with Crippen molar-refractivity contribution in [2.75, 3.05) is 0 Å². The number of aromatic nitrogens is 2. The lowest BCUT2D eigenvalue weighted by atomic mass is 10.0. The summed E-state index contributed by atoms with van der Waals surface area (Å²) in [6.45, 7) is 6.38. The van der Waals surface area contributed by atoms with Gasteiger partial charge in [0.05, 0.1) is 33.5 Å². The second-order valence-corrected chi connectivity index (χ2v) is 15.1. The van der Waals surface area contributed by atoms with Gasteiger partial charge < -0.3 is 9.13 Å². The van der Waals surface area contributed by atoms with Crippen LogP contribution in [0.5, 0.6) is 0 Å². The second kappa shape index (κ2) is 14.0. The maximum Gasteiger partial charge on any atom is 0.160 e. The summed E-state index contributed by atoms with van der Waals surface area (Å²) in [5, 5.41) is 9.68. The summed E-state index contributed by atoms with van der Waals surface area (Å²) in [5.41, 5.74) is 11.5. The summed E-state index contributed by atoms with van der Waals surface area (Å²) < 4.78 is 4.87. The van der Waals surface area contributed by atoms with Gasteiger partial charge in [-0.05, 0) is 82.7 Å². The minimum absolute atomic E-state index is 0.620. The molecule has 0 aliphatic rings. The lowest BCUT2D eigenvalue weighted by Gasteiger charge is -2.13. The largest absolute Gasteiger partial charge is 0.309 e. The molecule has 11 aromatic rings. The summed E-state index contributed by atoms with van der Waals surface area (Å²) in [6.07, 6.45) is 0. The average Bonchev–Trinajstić information content (AvgIpc) is 3.81. The van der Waals surface area contributed by atoms with Crippen LogP contribution in [0.1, 0.15) is 23.6 Å². The monoisotopic (exact) mass is 754 g/mol. The molecule has 59 heavy (non-hydrogen) atoms. The van der Waals surface area contributed by atoms with E-state index in [1.807, 2.05) is 55.5 Å². The van der Waals surface area contributed by atoms with E-state index in [9.17, 15) is 0 Å². The summed E-state index contributed by atoms with van der Waals surface area (Å²) in [4.78, 5) is 10.2. The second-order valence-electron chi connectivity index (χ2n) is 15.1. The van der Waals surface area contributed by atoms with Crippen LogP contribution in [0.2, 0.25) is 0 Å². The first-order valence-corrected chi connectivity index (χ1v) is 20.0. The maximum atomic E-state index is 5.13. The molecule has 9 aromatic carbocycles. The summed E-state index contributed by atoms with van der Waals surface area (Å²) in [6, 6.07) is 71.1. The van der Waals surface area contributed by atoms with E-state index in [2.05, 4.69) is 167 Å². The molecule has 0 fully saturated rings. The Morgan fingerprint density at radius 1 is 0.407 bits per heavy atom. The number of hydrogen-bond donors (Lipinski definition) is 0. The highest BCUT2D eigenvalue weighted by Gasteiger charge is 2.21. The van der Waals surface area contributed by atoms with E-state index < -0.39 is 0 Å². The van der Waals surface area contributed by atoms with Crippen molar-refractivity contribution in [1.82, 2.24) is 9.13 Å². The van der Waals surface area contributed by atoms with Crippen LogP contribution in [0.15, 0.2) is 217 Å². The molecule has 2 aromatic heterocycles. The zero-order chi connectivity index (χ0) is 39.5. The van der Waals surface area contributed by atoms with E-state index in [0.717, 1.165) is 44.5 Å². The molecule has 0 spiro atoms. The molecule has 0 aliphatic carbocycles. The van der Waals surface area contributed by atoms with Crippen molar-refractivity contribution < 1.29 is 0 Å². The summed E-state index contributed by atoms with van der Waals surface area (Å²) in [7, 11) is 0. The number of rotatable bonds is 6. The van der Waals surface area contributed by atoms with Crippen LogP contribution in [0.3, 0.4) is 0 Å². The fourth-order valence-electron chi connectivity index (χ4n) is 8.85. The van der Waals surface area contributed by atoms with Crippen LogP contribution in [-0.4, -0.2) is 20.7 Å². The highest BCUT2D eigenvalue weighted by molar-refractivity contribution is 6.29. The van der Waals surface area contributed by atoms with Gasteiger partial charge in [-0.25, -0.2) is 9.98 Å². The van der Waals surface area contributed by atoms with Crippen molar-refractivity contribution >= 4 is 82.4 Å². The van der Waals surface area contributed by atoms with Crippen molar-refractivity contribution in [3.8, 4) is 11.4 Å². The van der Waals surface area contributed by atoms with Gasteiger partial charge in [0.15, 0.2) is 5.84 Å². The van der Waals surface area contributed by atoms with E-state index in [4.69, 9.17) is 9.98 Å². The summed E-state index contributed by atoms with van der Waals surface area (Å²) >= 11 is 0. The van der Waals surface area contributed by atoms with Gasteiger partial charge in [-0.1, -0.05) is 158 Å². The zero-order valence-electron chi connectivity index (χ0n) is 32.5. The molecule has 0 bridgehead atoms. The van der Waals surface area contributed by atoms with E-state index in [1.165, 1.54) is 54.4 Å². The third-order valence-corrected chi connectivity index (χ3v) is 11.6. The van der Waals surface area contributed by atoms with Crippen LogP contribution in [0, 0.1) is 0 Å². The van der Waals surface area contributed by atoms with E-state index in [0.29, 0.717) is 11.5 Å². The van der Waals surface area contributed by atoms with Gasteiger partial charge in [0.2, 0.25) is 0 Å². The molecule has 0 radical (unpaired) electrons. The van der Waals surface area contributed by atoms with E-state index in [-0.39, 0.29) is 0 Å². The average molecular weight is 755 g/mol. The van der Waals surface area contributed by atoms with Gasteiger partial charge in [-0.3, -0.25) is 0 Å². The molecule has 0 amide bonds. The number of amidine groups is 1. The number of benzene rings is 9. The molecule has 0 saturated carbocycles. The van der Waals surface area contributed by atoms with Crippen LogP contribution in [0.25, 0.3) is 82.2 Å². The van der Waals surface area contributed by atoms with Crippen molar-refractivity contribution in [2.24, 2.45) is 9.98 Å². The Labute approximate surface area is 342 Å². The van der Waals surface area contributed by atoms with Gasteiger partial charge in [0.25, 0.3) is 0 Å². The predicted octanol–water partition coefficient (Wildman–Crippen LogP) is 14.1. The molecule has 2 heterocycles. The fraction of sp³-hybridized carbons (Fsp3) is 0.0182. The Balaban J connectivity index is 1.11. The lowest BCUT2D eigenvalue weighted by Crippen LogP contribution is -2.04. The molecule has 11 rings (SSSR count). The normalized spacial score (nSPS) is 12.4. The number of aliphatic imine (C=N–C) groups is 2. The van der Waals surface area contributed by atoms with Gasteiger partial charge in [0.1, 0.15) is 0 Å². The standard InChI is InChI=1S/C55H38N4/c1-36(38-16-5-3-6-17-38)56-55(57-37(2)39-18-7-4-8-19-39)43-29-31-45-42(34-43)22-15-27-48(45)59-50-26-14-12-24-47(50)54-52(59)33-32-51-53(54)46-23-11-13-25-49(46)58(51)44-30-28-40-20-9-10-21-41(40)35-44/h3-35H,1H2,2H3. The minimum Gasteiger partial charge on any atom is -0.309 e. The molecule has 0 atom stereocenters. The molecular formula is C55H38N4. The summed E-state index contributed by atoms with van der Waals surface area (Å²) in [5.74, 6) is 0.620.